The van der Waals surface area contributed by atoms with Crippen molar-refractivity contribution in [1.29, 1.82) is 0 Å². The minimum absolute atomic E-state index is 0.0505. The molecule has 3 N–H and O–H groups in total. The third-order valence-corrected chi connectivity index (χ3v) is 2.63. The van der Waals surface area contributed by atoms with Gasteiger partial charge < -0.3 is 10.6 Å². The summed E-state index contributed by atoms with van der Waals surface area (Å²) in [5.41, 5.74) is 0.352. The standard InChI is InChI=1S/C12H12FN3O3/c13-7-2-1-3-8(6-7)14-10(17)5-4-9-11(18)16-12(19)15-9/h1-3,6,9H,4-5H2,(H,14,17)(H2,15,16,18,19)/t9-/m0/s1. The van der Waals surface area contributed by atoms with Crippen LogP contribution in [0, 0.1) is 5.82 Å². The summed E-state index contributed by atoms with van der Waals surface area (Å²) in [5.74, 6) is -1.23. The van der Waals surface area contributed by atoms with Crippen molar-refractivity contribution < 1.29 is 18.8 Å². The summed E-state index contributed by atoms with van der Waals surface area (Å²) in [4.78, 5) is 33.7. The first kappa shape index (κ1) is 13.0. The van der Waals surface area contributed by atoms with Gasteiger partial charge in [0.25, 0.3) is 5.91 Å². The second-order valence-corrected chi connectivity index (χ2v) is 4.11. The van der Waals surface area contributed by atoms with Gasteiger partial charge in [0.1, 0.15) is 11.9 Å². The van der Waals surface area contributed by atoms with Gasteiger partial charge in [-0.05, 0) is 24.6 Å². The van der Waals surface area contributed by atoms with Crippen LogP contribution in [0.2, 0.25) is 0 Å². The fraction of sp³-hybridized carbons (Fsp3) is 0.250. The monoisotopic (exact) mass is 265 g/mol. The zero-order valence-corrected chi connectivity index (χ0v) is 9.90. The number of anilines is 1. The van der Waals surface area contributed by atoms with E-state index < -0.39 is 23.8 Å². The van der Waals surface area contributed by atoms with E-state index in [0.29, 0.717) is 5.69 Å². The molecule has 1 atom stereocenters. The molecule has 4 amide bonds. The quantitative estimate of drug-likeness (QED) is 0.702. The molecule has 0 saturated carbocycles. The number of urea groups is 1. The number of carbonyl (C=O) groups excluding carboxylic acids is 3. The first-order chi connectivity index (χ1) is 9.04. The number of carbonyl (C=O) groups is 3. The number of amides is 4. The molecule has 0 aromatic heterocycles. The van der Waals surface area contributed by atoms with Crippen LogP contribution in [0.1, 0.15) is 12.8 Å². The smallest absolute Gasteiger partial charge is 0.322 e. The van der Waals surface area contributed by atoms with Crippen LogP contribution < -0.4 is 16.0 Å². The van der Waals surface area contributed by atoms with E-state index in [1.807, 2.05) is 0 Å². The van der Waals surface area contributed by atoms with E-state index in [1.54, 1.807) is 6.07 Å². The van der Waals surface area contributed by atoms with E-state index >= 15 is 0 Å². The lowest BCUT2D eigenvalue weighted by Gasteiger charge is -2.08. The Balaban J connectivity index is 1.82. The van der Waals surface area contributed by atoms with Crippen molar-refractivity contribution in [2.75, 3.05) is 5.32 Å². The second-order valence-electron chi connectivity index (χ2n) is 4.11. The SMILES string of the molecule is O=C(CC[C@@H]1NC(=O)NC1=O)Nc1cccc(F)c1. The van der Waals surface area contributed by atoms with E-state index in [1.165, 1.54) is 18.2 Å². The highest BCUT2D eigenvalue weighted by Crippen LogP contribution is 2.10. The number of halogens is 1. The first-order valence-electron chi connectivity index (χ1n) is 5.71. The lowest BCUT2D eigenvalue weighted by molar-refractivity contribution is -0.120. The lowest BCUT2D eigenvalue weighted by atomic mass is 10.1. The molecule has 1 aliphatic heterocycles. The number of imide groups is 1. The molecule has 0 aliphatic carbocycles. The fourth-order valence-electron chi connectivity index (χ4n) is 1.73. The summed E-state index contributed by atoms with van der Waals surface area (Å²) in [6.45, 7) is 0. The molecule has 1 heterocycles. The molecule has 19 heavy (non-hydrogen) atoms. The van der Waals surface area contributed by atoms with Gasteiger partial charge in [-0.25, -0.2) is 9.18 Å². The van der Waals surface area contributed by atoms with Crippen molar-refractivity contribution in [3.8, 4) is 0 Å². The van der Waals surface area contributed by atoms with Gasteiger partial charge in [0.05, 0.1) is 0 Å². The Morgan fingerprint density at radius 1 is 1.37 bits per heavy atom. The largest absolute Gasteiger partial charge is 0.326 e. The molecule has 0 bridgehead atoms. The van der Waals surface area contributed by atoms with Gasteiger partial charge in [0, 0.05) is 12.1 Å². The number of hydrogen-bond donors (Lipinski definition) is 3. The number of hydrogen-bond acceptors (Lipinski definition) is 3. The molecule has 1 aliphatic rings. The minimum Gasteiger partial charge on any atom is -0.326 e. The maximum absolute atomic E-state index is 12.9. The van der Waals surface area contributed by atoms with Crippen molar-refractivity contribution in [1.82, 2.24) is 10.6 Å². The number of benzene rings is 1. The van der Waals surface area contributed by atoms with Crippen LogP contribution in [-0.2, 0) is 9.59 Å². The first-order valence-corrected chi connectivity index (χ1v) is 5.71. The van der Waals surface area contributed by atoms with Gasteiger partial charge in [-0.1, -0.05) is 6.07 Å². The summed E-state index contributed by atoms with van der Waals surface area (Å²) in [6.07, 6.45) is 0.244. The molecule has 100 valence electrons. The van der Waals surface area contributed by atoms with E-state index in [9.17, 15) is 18.8 Å². The Hall–Kier alpha value is -2.44. The Morgan fingerprint density at radius 3 is 2.79 bits per heavy atom. The normalized spacial score (nSPS) is 17.8. The summed E-state index contributed by atoms with van der Waals surface area (Å²) in [7, 11) is 0. The number of nitrogens with one attached hydrogen (secondary N) is 3. The molecular formula is C12H12FN3O3. The van der Waals surface area contributed by atoms with Crippen LogP contribution in [0.25, 0.3) is 0 Å². The fourth-order valence-corrected chi connectivity index (χ4v) is 1.73. The molecule has 6 nitrogen and oxygen atoms in total. The molecule has 0 spiro atoms. The lowest BCUT2D eigenvalue weighted by Crippen LogP contribution is -2.30. The highest BCUT2D eigenvalue weighted by atomic mass is 19.1. The van der Waals surface area contributed by atoms with Gasteiger partial charge in [-0.2, -0.15) is 0 Å². The molecule has 0 unspecified atom stereocenters. The predicted molar refractivity (Wildman–Crippen MR) is 64.7 cm³/mol. The highest BCUT2D eigenvalue weighted by Gasteiger charge is 2.29. The maximum Gasteiger partial charge on any atom is 0.322 e. The average Bonchev–Trinajstić information content (AvgIpc) is 2.65. The summed E-state index contributed by atoms with van der Waals surface area (Å²) in [5, 5.41) is 6.98. The van der Waals surface area contributed by atoms with Crippen molar-refractivity contribution >= 4 is 23.5 Å². The van der Waals surface area contributed by atoms with Crippen molar-refractivity contribution in [3.63, 3.8) is 0 Å². The third kappa shape index (κ3) is 3.51. The van der Waals surface area contributed by atoms with E-state index in [-0.39, 0.29) is 18.7 Å². The Bertz CT molecular complexity index is 533. The topological polar surface area (TPSA) is 87.3 Å². The van der Waals surface area contributed by atoms with Crippen LogP contribution in [0.3, 0.4) is 0 Å². The van der Waals surface area contributed by atoms with Crippen LogP contribution in [0.15, 0.2) is 24.3 Å². The molecule has 1 fully saturated rings. The maximum atomic E-state index is 12.9. The predicted octanol–water partition coefficient (Wildman–Crippen LogP) is 0.752. The zero-order chi connectivity index (χ0) is 13.8. The van der Waals surface area contributed by atoms with Crippen LogP contribution in [-0.4, -0.2) is 23.9 Å². The van der Waals surface area contributed by atoms with E-state index in [2.05, 4.69) is 16.0 Å². The summed E-state index contributed by atoms with van der Waals surface area (Å²) >= 11 is 0. The zero-order valence-electron chi connectivity index (χ0n) is 9.90. The van der Waals surface area contributed by atoms with Crippen molar-refractivity contribution in [3.05, 3.63) is 30.1 Å². The molecule has 1 aromatic carbocycles. The molecule has 0 radical (unpaired) electrons. The molecule has 1 aromatic rings. The summed E-state index contributed by atoms with van der Waals surface area (Å²) in [6, 6.07) is 4.27. The Morgan fingerprint density at radius 2 is 2.16 bits per heavy atom. The van der Waals surface area contributed by atoms with Gasteiger partial charge in [0.15, 0.2) is 0 Å². The Labute approximate surface area is 108 Å². The number of rotatable bonds is 4. The van der Waals surface area contributed by atoms with Gasteiger partial charge in [-0.3, -0.25) is 14.9 Å². The van der Waals surface area contributed by atoms with Crippen LogP contribution in [0.4, 0.5) is 14.9 Å². The second kappa shape index (κ2) is 5.47. The highest BCUT2D eigenvalue weighted by molar-refractivity contribution is 6.04. The van der Waals surface area contributed by atoms with Crippen molar-refractivity contribution in [2.24, 2.45) is 0 Å². The van der Waals surface area contributed by atoms with Gasteiger partial charge in [-0.15, -0.1) is 0 Å². The van der Waals surface area contributed by atoms with E-state index in [4.69, 9.17) is 0 Å². The molecule has 1 saturated heterocycles. The van der Waals surface area contributed by atoms with Crippen molar-refractivity contribution in [2.45, 2.75) is 18.9 Å². The van der Waals surface area contributed by atoms with Gasteiger partial charge in [0.2, 0.25) is 5.91 Å². The minimum atomic E-state index is -0.689. The molecule has 2 rings (SSSR count). The molecule has 7 heteroatoms. The van der Waals surface area contributed by atoms with E-state index in [0.717, 1.165) is 0 Å². The average molecular weight is 265 g/mol. The van der Waals surface area contributed by atoms with Gasteiger partial charge >= 0.3 is 6.03 Å². The molecular weight excluding hydrogens is 253 g/mol. The van der Waals surface area contributed by atoms with Crippen LogP contribution >= 0.6 is 0 Å². The van der Waals surface area contributed by atoms with Crippen LogP contribution in [0.5, 0.6) is 0 Å². The third-order valence-electron chi connectivity index (χ3n) is 2.63. The Kier molecular flexibility index (Phi) is 3.74. The summed E-state index contributed by atoms with van der Waals surface area (Å²) < 4.78 is 12.9.